The van der Waals surface area contributed by atoms with E-state index in [2.05, 4.69) is 5.32 Å². The van der Waals surface area contributed by atoms with E-state index in [4.69, 9.17) is 0 Å². The molecular formula is C19H20FNO2. The van der Waals surface area contributed by atoms with E-state index in [0.717, 1.165) is 5.56 Å². The Labute approximate surface area is 135 Å². The third-order valence-electron chi connectivity index (χ3n) is 4.33. The summed E-state index contributed by atoms with van der Waals surface area (Å²) in [7, 11) is 0. The predicted octanol–water partition coefficient (Wildman–Crippen LogP) is 3.17. The van der Waals surface area contributed by atoms with Gasteiger partial charge in [0.05, 0.1) is 6.10 Å². The van der Waals surface area contributed by atoms with Crippen molar-refractivity contribution in [1.82, 2.24) is 5.32 Å². The van der Waals surface area contributed by atoms with E-state index in [1.807, 2.05) is 30.3 Å². The highest BCUT2D eigenvalue weighted by Crippen LogP contribution is 2.48. The summed E-state index contributed by atoms with van der Waals surface area (Å²) in [6, 6.07) is 16.0. The summed E-state index contributed by atoms with van der Waals surface area (Å²) in [4.78, 5) is 12.1. The van der Waals surface area contributed by atoms with Crippen molar-refractivity contribution < 1.29 is 14.3 Å². The zero-order valence-corrected chi connectivity index (χ0v) is 12.8. The maximum Gasteiger partial charge on any atom is 0.223 e. The number of rotatable bonds is 6. The van der Waals surface area contributed by atoms with E-state index in [1.165, 1.54) is 6.07 Å². The van der Waals surface area contributed by atoms with Crippen LogP contribution >= 0.6 is 0 Å². The second kappa shape index (κ2) is 6.92. The van der Waals surface area contributed by atoms with Crippen molar-refractivity contribution in [2.24, 2.45) is 5.92 Å². The van der Waals surface area contributed by atoms with Crippen LogP contribution < -0.4 is 5.32 Å². The van der Waals surface area contributed by atoms with Crippen LogP contribution in [0, 0.1) is 11.7 Å². The smallest absolute Gasteiger partial charge is 0.223 e. The van der Waals surface area contributed by atoms with Gasteiger partial charge in [0, 0.05) is 12.5 Å². The molecule has 1 saturated carbocycles. The van der Waals surface area contributed by atoms with Crippen LogP contribution in [0.25, 0.3) is 0 Å². The van der Waals surface area contributed by atoms with Gasteiger partial charge < -0.3 is 10.4 Å². The quantitative estimate of drug-likeness (QED) is 0.860. The fourth-order valence-corrected chi connectivity index (χ4v) is 2.91. The van der Waals surface area contributed by atoms with Crippen LogP contribution in [0.5, 0.6) is 0 Å². The van der Waals surface area contributed by atoms with E-state index in [-0.39, 0.29) is 23.6 Å². The molecule has 0 aliphatic heterocycles. The normalized spacial score (nSPS) is 20.8. The van der Waals surface area contributed by atoms with Crippen LogP contribution in [0.1, 0.15) is 36.0 Å². The SMILES string of the molecule is O=C(NCCC(O)c1ccccc1)C1CC1c1ccccc1F. The largest absolute Gasteiger partial charge is 0.388 e. The fourth-order valence-electron chi connectivity index (χ4n) is 2.91. The summed E-state index contributed by atoms with van der Waals surface area (Å²) in [6.45, 7) is 0.412. The van der Waals surface area contributed by atoms with Gasteiger partial charge in [0.1, 0.15) is 5.82 Å². The summed E-state index contributed by atoms with van der Waals surface area (Å²) in [5, 5.41) is 12.9. The first-order valence-corrected chi connectivity index (χ1v) is 7.92. The molecule has 1 fully saturated rings. The second-order valence-electron chi connectivity index (χ2n) is 5.98. The Bertz CT molecular complexity index is 674. The molecule has 0 bridgehead atoms. The molecule has 1 aliphatic carbocycles. The van der Waals surface area contributed by atoms with E-state index in [0.29, 0.717) is 24.9 Å². The van der Waals surface area contributed by atoms with Gasteiger partial charge in [-0.1, -0.05) is 48.5 Å². The number of carbonyl (C=O) groups is 1. The molecule has 2 aromatic rings. The number of aliphatic hydroxyl groups excluding tert-OH is 1. The molecule has 0 radical (unpaired) electrons. The van der Waals surface area contributed by atoms with E-state index < -0.39 is 6.10 Å². The van der Waals surface area contributed by atoms with Gasteiger partial charge in [0.2, 0.25) is 5.91 Å². The maximum absolute atomic E-state index is 13.7. The standard InChI is InChI=1S/C19H20FNO2/c20-17-9-5-4-8-14(17)15-12-16(15)19(23)21-11-10-18(22)13-6-2-1-3-7-13/h1-9,15-16,18,22H,10-12H2,(H,21,23). The van der Waals surface area contributed by atoms with Gasteiger partial charge in [-0.05, 0) is 36.0 Å². The first kappa shape index (κ1) is 15.7. The van der Waals surface area contributed by atoms with Gasteiger partial charge in [-0.2, -0.15) is 0 Å². The van der Waals surface area contributed by atoms with Gasteiger partial charge >= 0.3 is 0 Å². The number of carbonyl (C=O) groups excluding carboxylic acids is 1. The Morgan fingerprint density at radius 1 is 1.17 bits per heavy atom. The molecule has 2 aromatic carbocycles. The van der Waals surface area contributed by atoms with Crippen molar-refractivity contribution in [1.29, 1.82) is 0 Å². The lowest BCUT2D eigenvalue weighted by Crippen LogP contribution is -2.27. The van der Waals surface area contributed by atoms with Gasteiger partial charge in [0.25, 0.3) is 0 Å². The lowest BCUT2D eigenvalue weighted by molar-refractivity contribution is -0.122. The molecule has 1 amide bonds. The zero-order chi connectivity index (χ0) is 16.2. The van der Waals surface area contributed by atoms with E-state index >= 15 is 0 Å². The average Bonchev–Trinajstić information content (AvgIpc) is 3.36. The number of hydrogen-bond acceptors (Lipinski definition) is 2. The number of aliphatic hydroxyl groups is 1. The topological polar surface area (TPSA) is 49.3 Å². The molecule has 3 atom stereocenters. The lowest BCUT2D eigenvalue weighted by Gasteiger charge is -2.11. The van der Waals surface area contributed by atoms with Gasteiger partial charge in [-0.25, -0.2) is 4.39 Å². The van der Waals surface area contributed by atoms with Crippen molar-refractivity contribution in [3.8, 4) is 0 Å². The third-order valence-corrected chi connectivity index (χ3v) is 4.33. The molecule has 1 aliphatic rings. The highest BCUT2D eigenvalue weighted by Gasteiger charge is 2.44. The molecule has 3 rings (SSSR count). The second-order valence-corrected chi connectivity index (χ2v) is 5.98. The number of halogens is 1. The number of nitrogens with one attached hydrogen (secondary N) is 1. The fraction of sp³-hybridized carbons (Fsp3) is 0.316. The zero-order valence-electron chi connectivity index (χ0n) is 12.8. The van der Waals surface area contributed by atoms with E-state index in [1.54, 1.807) is 18.2 Å². The molecule has 0 aromatic heterocycles. The van der Waals surface area contributed by atoms with Crippen molar-refractivity contribution in [2.75, 3.05) is 6.54 Å². The van der Waals surface area contributed by atoms with Gasteiger partial charge in [0.15, 0.2) is 0 Å². The van der Waals surface area contributed by atoms with Gasteiger partial charge in [-0.3, -0.25) is 4.79 Å². The summed E-state index contributed by atoms with van der Waals surface area (Å²) in [5.74, 6) is -0.471. The van der Waals surface area contributed by atoms with Gasteiger partial charge in [-0.15, -0.1) is 0 Å². The molecule has 23 heavy (non-hydrogen) atoms. The average molecular weight is 313 g/mol. The molecule has 3 unspecified atom stereocenters. The van der Waals surface area contributed by atoms with Crippen LogP contribution in [0.15, 0.2) is 54.6 Å². The maximum atomic E-state index is 13.7. The van der Waals surface area contributed by atoms with Crippen LogP contribution in [0.2, 0.25) is 0 Å². The van der Waals surface area contributed by atoms with Crippen molar-refractivity contribution >= 4 is 5.91 Å². The Hall–Kier alpha value is -2.20. The number of amides is 1. The molecule has 2 N–H and O–H groups in total. The highest BCUT2D eigenvalue weighted by atomic mass is 19.1. The van der Waals surface area contributed by atoms with Crippen LogP contribution in [-0.4, -0.2) is 17.6 Å². The number of benzene rings is 2. The molecule has 120 valence electrons. The first-order chi connectivity index (χ1) is 11.2. The molecule has 0 spiro atoms. The lowest BCUT2D eigenvalue weighted by atomic mass is 10.1. The molecule has 4 heteroatoms. The minimum absolute atomic E-state index is 0.0183. The summed E-state index contributed by atoms with van der Waals surface area (Å²) in [5.41, 5.74) is 1.47. The monoisotopic (exact) mass is 313 g/mol. The van der Waals surface area contributed by atoms with Crippen molar-refractivity contribution in [2.45, 2.75) is 24.9 Å². The Morgan fingerprint density at radius 2 is 1.87 bits per heavy atom. The minimum Gasteiger partial charge on any atom is -0.388 e. The van der Waals surface area contributed by atoms with Crippen molar-refractivity contribution in [3.05, 3.63) is 71.5 Å². The molecule has 0 saturated heterocycles. The van der Waals surface area contributed by atoms with Crippen LogP contribution in [-0.2, 0) is 4.79 Å². The Morgan fingerprint density at radius 3 is 2.61 bits per heavy atom. The molecule has 0 heterocycles. The van der Waals surface area contributed by atoms with Crippen LogP contribution in [0.3, 0.4) is 0 Å². The minimum atomic E-state index is -0.585. The molecular weight excluding hydrogens is 293 g/mol. The Kier molecular flexibility index (Phi) is 4.72. The third kappa shape index (κ3) is 3.77. The molecule has 3 nitrogen and oxygen atoms in total. The van der Waals surface area contributed by atoms with Crippen LogP contribution in [0.4, 0.5) is 4.39 Å². The predicted molar refractivity (Wildman–Crippen MR) is 86.3 cm³/mol. The van der Waals surface area contributed by atoms with Crippen molar-refractivity contribution in [3.63, 3.8) is 0 Å². The summed E-state index contributed by atoms with van der Waals surface area (Å²) in [6.07, 6.45) is 0.568. The Balaban J connectivity index is 1.45. The summed E-state index contributed by atoms with van der Waals surface area (Å²) >= 11 is 0. The number of hydrogen-bond donors (Lipinski definition) is 2. The van der Waals surface area contributed by atoms with E-state index in [9.17, 15) is 14.3 Å². The first-order valence-electron chi connectivity index (χ1n) is 7.92. The highest BCUT2D eigenvalue weighted by molar-refractivity contribution is 5.82. The summed E-state index contributed by atoms with van der Waals surface area (Å²) < 4.78 is 13.7.